The van der Waals surface area contributed by atoms with Crippen LogP contribution in [0.3, 0.4) is 0 Å². The first kappa shape index (κ1) is 15.8. The number of carboxylic acids is 1. The molecule has 0 saturated heterocycles. The highest BCUT2D eigenvalue weighted by Gasteiger charge is 2.15. The molecule has 0 unspecified atom stereocenters. The van der Waals surface area contributed by atoms with Crippen molar-refractivity contribution >= 4 is 40.1 Å². The van der Waals surface area contributed by atoms with Crippen molar-refractivity contribution < 1.29 is 9.90 Å². The van der Waals surface area contributed by atoms with E-state index in [0.29, 0.717) is 32.2 Å². The van der Waals surface area contributed by atoms with Crippen molar-refractivity contribution in [2.24, 2.45) is 0 Å². The first-order valence-corrected chi connectivity index (χ1v) is 7.87. The highest BCUT2D eigenvalue weighted by molar-refractivity contribution is 6.36. The summed E-state index contributed by atoms with van der Waals surface area (Å²) >= 11 is 12.1. The summed E-state index contributed by atoms with van der Waals surface area (Å²) in [4.78, 5) is 16.2. The molecule has 2 aromatic carbocycles. The molecule has 3 nitrogen and oxygen atoms in total. The molecule has 0 amide bonds. The maximum atomic E-state index is 11.7. The standard InChI is InChI=1S/C18H13Cl2NO2/c1-2-10-3-6-16-13(7-10)14(18(22)23)9-17(21-16)12-5-4-11(19)8-15(12)20/h3-9H,2H2,1H3,(H,22,23). The number of pyridine rings is 1. The maximum absolute atomic E-state index is 11.7. The number of hydrogen-bond donors (Lipinski definition) is 1. The van der Waals surface area contributed by atoms with Crippen LogP contribution in [0.4, 0.5) is 0 Å². The van der Waals surface area contributed by atoms with E-state index < -0.39 is 5.97 Å². The molecule has 0 spiro atoms. The van der Waals surface area contributed by atoms with E-state index in [-0.39, 0.29) is 5.56 Å². The van der Waals surface area contributed by atoms with Gasteiger partial charge in [0.05, 0.1) is 21.8 Å². The molecule has 0 fully saturated rings. The molecule has 23 heavy (non-hydrogen) atoms. The van der Waals surface area contributed by atoms with Crippen LogP contribution in [0.25, 0.3) is 22.2 Å². The van der Waals surface area contributed by atoms with Crippen LogP contribution in [-0.4, -0.2) is 16.1 Å². The summed E-state index contributed by atoms with van der Waals surface area (Å²) < 4.78 is 0. The predicted octanol–water partition coefficient (Wildman–Crippen LogP) is 5.47. The fraction of sp³-hybridized carbons (Fsp3) is 0.111. The number of rotatable bonds is 3. The van der Waals surface area contributed by atoms with Crippen molar-refractivity contribution in [2.45, 2.75) is 13.3 Å². The van der Waals surface area contributed by atoms with Crippen LogP contribution in [-0.2, 0) is 6.42 Å². The van der Waals surface area contributed by atoms with Crippen LogP contribution in [0.2, 0.25) is 10.0 Å². The average Bonchev–Trinajstić information content (AvgIpc) is 2.53. The van der Waals surface area contributed by atoms with E-state index >= 15 is 0 Å². The van der Waals surface area contributed by atoms with Crippen molar-refractivity contribution in [2.75, 3.05) is 0 Å². The van der Waals surface area contributed by atoms with Gasteiger partial charge in [0.2, 0.25) is 0 Å². The number of carboxylic acid groups (broad SMARTS) is 1. The van der Waals surface area contributed by atoms with E-state index in [1.54, 1.807) is 24.3 Å². The molecule has 0 aliphatic heterocycles. The Balaban J connectivity index is 2.29. The molecule has 0 aliphatic rings. The van der Waals surface area contributed by atoms with E-state index in [4.69, 9.17) is 23.2 Å². The van der Waals surface area contributed by atoms with Gasteiger partial charge in [-0.1, -0.05) is 36.2 Å². The normalized spacial score (nSPS) is 10.9. The highest BCUT2D eigenvalue weighted by atomic mass is 35.5. The number of carbonyl (C=O) groups is 1. The molecule has 0 atom stereocenters. The number of aryl methyl sites for hydroxylation is 1. The third kappa shape index (κ3) is 3.03. The number of hydrogen-bond acceptors (Lipinski definition) is 2. The third-order valence-electron chi connectivity index (χ3n) is 3.72. The monoisotopic (exact) mass is 345 g/mol. The lowest BCUT2D eigenvalue weighted by molar-refractivity contribution is 0.0699. The molecule has 1 heterocycles. The van der Waals surface area contributed by atoms with Gasteiger partial charge < -0.3 is 5.11 Å². The van der Waals surface area contributed by atoms with Gasteiger partial charge in [0.1, 0.15) is 0 Å². The molecule has 116 valence electrons. The van der Waals surface area contributed by atoms with E-state index in [9.17, 15) is 9.90 Å². The van der Waals surface area contributed by atoms with Gasteiger partial charge in [-0.25, -0.2) is 9.78 Å². The zero-order valence-corrected chi connectivity index (χ0v) is 13.8. The summed E-state index contributed by atoms with van der Waals surface area (Å²) in [6, 6.07) is 12.3. The lowest BCUT2D eigenvalue weighted by atomic mass is 10.0. The molecule has 3 rings (SSSR count). The fourth-order valence-corrected chi connectivity index (χ4v) is 3.01. The number of aromatic nitrogens is 1. The Labute approximate surface area is 143 Å². The SMILES string of the molecule is CCc1ccc2nc(-c3ccc(Cl)cc3Cl)cc(C(=O)O)c2c1. The minimum absolute atomic E-state index is 0.214. The number of halogens is 2. The minimum Gasteiger partial charge on any atom is -0.478 e. The van der Waals surface area contributed by atoms with Gasteiger partial charge >= 0.3 is 5.97 Å². The van der Waals surface area contributed by atoms with Crippen molar-refractivity contribution in [3.05, 3.63) is 63.6 Å². The molecule has 1 aromatic heterocycles. The van der Waals surface area contributed by atoms with Crippen LogP contribution < -0.4 is 0 Å². The molecule has 3 aromatic rings. The van der Waals surface area contributed by atoms with Crippen LogP contribution >= 0.6 is 23.2 Å². The van der Waals surface area contributed by atoms with E-state index in [1.807, 2.05) is 25.1 Å². The molecular formula is C18H13Cl2NO2. The molecule has 0 aliphatic carbocycles. The predicted molar refractivity (Wildman–Crippen MR) is 93.5 cm³/mol. The summed E-state index contributed by atoms with van der Waals surface area (Å²) in [7, 11) is 0. The zero-order valence-electron chi connectivity index (χ0n) is 12.3. The zero-order chi connectivity index (χ0) is 16.6. The third-order valence-corrected chi connectivity index (χ3v) is 4.27. The van der Waals surface area contributed by atoms with Crippen LogP contribution in [0.15, 0.2) is 42.5 Å². The van der Waals surface area contributed by atoms with Crippen LogP contribution in [0, 0.1) is 0 Å². The topological polar surface area (TPSA) is 50.2 Å². The summed E-state index contributed by atoms with van der Waals surface area (Å²) in [6.45, 7) is 2.02. The molecule has 0 saturated carbocycles. The molecule has 0 radical (unpaired) electrons. The summed E-state index contributed by atoms with van der Waals surface area (Å²) in [5.41, 5.74) is 3.08. The lowest BCUT2D eigenvalue weighted by Gasteiger charge is -2.10. The average molecular weight is 346 g/mol. The van der Waals surface area contributed by atoms with E-state index in [0.717, 1.165) is 12.0 Å². The summed E-state index contributed by atoms with van der Waals surface area (Å²) in [5.74, 6) is -0.989. The van der Waals surface area contributed by atoms with Crippen LogP contribution in [0.5, 0.6) is 0 Å². The Morgan fingerprint density at radius 1 is 1.13 bits per heavy atom. The van der Waals surface area contributed by atoms with Crippen molar-refractivity contribution in [1.29, 1.82) is 0 Å². The lowest BCUT2D eigenvalue weighted by Crippen LogP contribution is -2.01. The second kappa shape index (κ2) is 6.19. The Morgan fingerprint density at radius 2 is 1.91 bits per heavy atom. The van der Waals surface area contributed by atoms with Gasteiger partial charge in [0.25, 0.3) is 0 Å². The molecule has 0 bridgehead atoms. The second-order valence-electron chi connectivity index (χ2n) is 5.19. The van der Waals surface area contributed by atoms with E-state index in [1.165, 1.54) is 0 Å². The van der Waals surface area contributed by atoms with Crippen molar-refractivity contribution in [3.8, 4) is 11.3 Å². The van der Waals surface area contributed by atoms with Gasteiger partial charge in [0, 0.05) is 16.0 Å². The summed E-state index contributed by atoms with van der Waals surface area (Å²) in [5, 5.41) is 11.1. The quantitative estimate of drug-likeness (QED) is 0.684. The van der Waals surface area contributed by atoms with Gasteiger partial charge in [-0.15, -0.1) is 0 Å². The highest BCUT2D eigenvalue weighted by Crippen LogP contribution is 2.32. The Bertz CT molecular complexity index is 922. The molecule has 5 heteroatoms. The fourth-order valence-electron chi connectivity index (χ4n) is 2.50. The Morgan fingerprint density at radius 3 is 2.57 bits per heavy atom. The Hall–Kier alpha value is -2.10. The number of aromatic carboxylic acids is 1. The number of fused-ring (bicyclic) bond motifs is 1. The van der Waals surface area contributed by atoms with Gasteiger partial charge in [-0.2, -0.15) is 0 Å². The maximum Gasteiger partial charge on any atom is 0.336 e. The van der Waals surface area contributed by atoms with Crippen LogP contribution in [0.1, 0.15) is 22.8 Å². The smallest absolute Gasteiger partial charge is 0.336 e. The van der Waals surface area contributed by atoms with Gasteiger partial charge in [0.15, 0.2) is 0 Å². The number of nitrogens with zero attached hydrogens (tertiary/aromatic N) is 1. The molecular weight excluding hydrogens is 333 g/mol. The van der Waals surface area contributed by atoms with Gasteiger partial charge in [-0.3, -0.25) is 0 Å². The summed E-state index contributed by atoms with van der Waals surface area (Å²) in [6.07, 6.45) is 0.833. The van der Waals surface area contributed by atoms with Gasteiger partial charge in [-0.05, 0) is 48.4 Å². The first-order valence-electron chi connectivity index (χ1n) is 7.12. The number of benzene rings is 2. The van der Waals surface area contributed by atoms with Crippen molar-refractivity contribution in [1.82, 2.24) is 4.98 Å². The molecule has 1 N–H and O–H groups in total. The van der Waals surface area contributed by atoms with E-state index in [2.05, 4.69) is 4.98 Å². The second-order valence-corrected chi connectivity index (χ2v) is 6.03. The van der Waals surface area contributed by atoms with Crippen molar-refractivity contribution in [3.63, 3.8) is 0 Å². The largest absolute Gasteiger partial charge is 0.478 e. The first-order chi connectivity index (χ1) is 11.0. The Kier molecular flexibility index (Phi) is 4.24. The minimum atomic E-state index is -0.989.